The molecule has 2 aromatic rings. The maximum atomic E-state index is 13.2. The van der Waals surface area contributed by atoms with Gasteiger partial charge in [-0.15, -0.1) is 0 Å². The van der Waals surface area contributed by atoms with Crippen molar-refractivity contribution in [2.45, 2.75) is 31.5 Å². The molecule has 128 valence electrons. The first-order chi connectivity index (χ1) is 11.3. The second kappa shape index (κ2) is 7.47. The highest BCUT2D eigenvalue weighted by atomic mass is 19.4. The van der Waals surface area contributed by atoms with Gasteiger partial charge in [-0.25, -0.2) is 4.39 Å². The van der Waals surface area contributed by atoms with Gasteiger partial charge in [-0.1, -0.05) is 49.4 Å². The first-order valence-corrected chi connectivity index (χ1v) is 7.44. The molecule has 2 rings (SSSR count). The number of hydrogen-bond donors (Lipinski definition) is 1. The average Bonchev–Trinajstić information content (AvgIpc) is 2.53. The summed E-state index contributed by atoms with van der Waals surface area (Å²) >= 11 is 0. The largest absolute Gasteiger partial charge is 0.412 e. The van der Waals surface area contributed by atoms with Crippen LogP contribution >= 0.6 is 0 Å². The van der Waals surface area contributed by atoms with E-state index >= 15 is 0 Å². The molecule has 2 nitrogen and oxygen atoms in total. The standard InChI is InChI=1S/C18H17F4NO/c1-12(13-5-3-2-4-6-13)11-16(24)23-17(18(20,21)22)14-7-9-15(19)10-8-14/h2-10,12,17H,11H2,1H3,(H,23,24). The Bertz CT molecular complexity index is 668. The van der Waals surface area contributed by atoms with Gasteiger partial charge in [0.25, 0.3) is 0 Å². The van der Waals surface area contributed by atoms with E-state index < -0.39 is 23.9 Å². The van der Waals surface area contributed by atoms with Crippen molar-refractivity contribution in [1.82, 2.24) is 5.32 Å². The van der Waals surface area contributed by atoms with Gasteiger partial charge in [0.15, 0.2) is 6.04 Å². The van der Waals surface area contributed by atoms with Crippen LogP contribution in [0.1, 0.15) is 36.4 Å². The first-order valence-electron chi connectivity index (χ1n) is 7.44. The topological polar surface area (TPSA) is 29.1 Å². The zero-order valence-electron chi connectivity index (χ0n) is 13.0. The molecule has 24 heavy (non-hydrogen) atoms. The second-order valence-electron chi connectivity index (χ2n) is 5.61. The predicted molar refractivity (Wildman–Crippen MR) is 82.8 cm³/mol. The van der Waals surface area contributed by atoms with Crippen molar-refractivity contribution in [3.8, 4) is 0 Å². The predicted octanol–water partition coefficient (Wildman–Crippen LogP) is 4.74. The number of benzene rings is 2. The molecule has 0 radical (unpaired) electrons. The highest BCUT2D eigenvalue weighted by Gasteiger charge is 2.41. The number of hydrogen-bond acceptors (Lipinski definition) is 1. The molecule has 0 heterocycles. The first kappa shape index (κ1) is 18.0. The van der Waals surface area contributed by atoms with Crippen LogP contribution in [0.15, 0.2) is 54.6 Å². The van der Waals surface area contributed by atoms with Crippen molar-refractivity contribution in [2.24, 2.45) is 0 Å². The number of amides is 1. The highest BCUT2D eigenvalue weighted by Crippen LogP contribution is 2.33. The van der Waals surface area contributed by atoms with E-state index in [0.717, 1.165) is 29.8 Å². The van der Waals surface area contributed by atoms with Crippen LogP contribution in [-0.4, -0.2) is 12.1 Å². The van der Waals surface area contributed by atoms with Crippen molar-refractivity contribution < 1.29 is 22.4 Å². The number of carbonyl (C=O) groups is 1. The van der Waals surface area contributed by atoms with Crippen molar-refractivity contribution in [3.05, 3.63) is 71.5 Å². The summed E-state index contributed by atoms with van der Waals surface area (Å²) in [6.45, 7) is 1.77. The van der Waals surface area contributed by atoms with Crippen LogP contribution in [0.4, 0.5) is 17.6 Å². The molecule has 0 aromatic heterocycles. The van der Waals surface area contributed by atoms with Gasteiger partial charge in [0.05, 0.1) is 0 Å². The fourth-order valence-corrected chi connectivity index (χ4v) is 2.41. The Kier molecular flexibility index (Phi) is 5.59. The zero-order valence-corrected chi connectivity index (χ0v) is 13.0. The fraction of sp³-hybridized carbons (Fsp3) is 0.278. The third-order valence-corrected chi connectivity index (χ3v) is 3.70. The molecule has 0 aliphatic rings. The molecular formula is C18H17F4NO. The monoisotopic (exact) mass is 339 g/mol. The minimum Gasteiger partial charge on any atom is -0.341 e. The molecule has 0 saturated heterocycles. The molecule has 2 unspecified atom stereocenters. The molecular weight excluding hydrogens is 322 g/mol. The summed E-state index contributed by atoms with van der Waals surface area (Å²) in [7, 11) is 0. The summed E-state index contributed by atoms with van der Waals surface area (Å²) < 4.78 is 52.6. The Morgan fingerprint density at radius 1 is 1.00 bits per heavy atom. The summed E-state index contributed by atoms with van der Waals surface area (Å²) in [5.74, 6) is -1.56. The molecule has 0 spiro atoms. The molecule has 1 N–H and O–H groups in total. The average molecular weight is 339 g/mol. The molecule has 0 aliphatic heterocycles. The smallest absolute Gasteiger partial charge is 0.341 e. The summed E-state index contributed by atoms with van der Waals surface area (Å²) in [6, 6.07) is 10.8. The van der Waals surface area contributed by atoms with E-state index in [1.807, 2.05) is 23.5 Å². The van der Waals surface area contributed by atoms with Crippen LogP contribution in [0, 0.1) is 5.82 Å². The van der Waals surface area contributed by atoms with Gasteiger partial charge in [0.2, 0.25) is 5.91 Å². The van der Waals surface area contributed by atoms with E-state index in [4.69, 9.17) is 0 Å². The summed E-state index contributed by atoms with van der Waals surface area (Å²) in [5, 5.41) is 2.01. The Balaban J connectivity index is 2.09. The lowest BCUT2D eigenvalue weighted by molar-refractivity contribution is -0.163. The lowest BCUT2D eigenvalue weighted by Gasteiger charge is -2.23. The Labute approximate surface area is 137 Å². The summed E-state index contributed by atoms with van der Waals surface area (Å²) in [4.78, 5) is 12.0. The van der Waals surface area contributed by atoms with Crippen LogP contribution in [0.25, 0.3) is 0 Å². The normalized spacial score (nSPS) is 14.0. The van der Waals surface area contributed by atoms with Gasteiger partial charge in [0.1, 0.15) is 5.82 Å². The molecule has 0 aliphatic carbocycles. The molecule has 2 atom stereocenters. The summed E-state index contributed by atoms with van der Waals surface area (Å²) in [6.07, 6.45) is -4.73. The van der Waals surface area contributed by atoms with Crippen LogP contribution < -0.4 is 5.32 Å². The Morgan fingerprint density at radius 3 is 2.12 bits per heavy atom. The minimum absolute atomic E-state index is 0.0716. The van der Waals surface area contributed by atoms with E-state index in [2.05, 4.69) is 0 Å². The lowest BCUT2D eigenvalue weighted by atomic mass is 9.97. The number of nitrogens with one attached hydrogen (secondary N) is 1. The van der Waals surface area contributed by atoms with E-state index in [0.29, 0.717) is 0 Å². The molecule has 0 fully saturated rings. The third kappa shape index (κ3) is 4.81. The SMILES string of the molecule is CC(CC(=O)NC(c1ccc(F)cc1)C(F)(F)F)c1ccccc1. The third-order valence-electron chi connectivity index (χ3n) is 3.70. The van der Waals surface area contributed by atoms with E-state index in [1.54, 1.807) is 19.1 Å². The number of alkyl halides is 3. The van der Waals surface area contributed by atoms with Crippen LogP contribution in [0.5, 0.6) is 0 Å². The van der Waals surface area contributed by atoms with Crippen molar-refractivity contribution in [2.75, 3.05) is 0 Å². The van der Waals surface area contributed by atoms with Crippen LogP contribution in [0.3, 0.4) is 0 Å². The Morgan fingerprint density at radius 2 is 1.58 bits per heavy atom. The maximum Gasteiger partial charge on any atom is 0.412 e. The van der Waals surface area contributed by atoms with E-state index in [1.165, 1.54) is 0 Å². The molecule has 0 bridgehead atoms. The van der Waals surface area contributed by atoms with Crippen LogP contribution in [0.2, 0.25) is 0 Å². The Hall–Kier alpha value is -2.37. The lowest BCUT2D eigenvalue weighted by Crippen LogP contribution is -2.38. The van der Waals surface area contributed by atoms with Crippen molar-refractivity contribution >= 4 is 5.91 Å². The fourth-order valence-electron chi connectivity index (χ4n) is 2.41. The molecule has 1 amide bonds. The van der Waals surface area contributed by atoms with Gasteiger partial charge in [-0.2, -0.15) is 13.2 Å². The number of carbonyl (C=O) groups excluding carboxylic acids is 1. The van der Waals surface area contributed by atoms with Gasteiger partial charge in [-0.05, 0) is 29.2 Å². The van der Waals surface area contributed by atoms with Gasteiger partial charge in [-0.3, -0.25) is 4.79 Å². The van der Waals surface area contributed by atoms with Crippen molar-refractivity contribution in [3.63, 3.8) is 0 Å². The van der Waals surface area contributed by atoms with Gasteiger partial charge >= 0.3 is 6.18 Å². The van der Waals surface area contributed by atoms with Crippen molar-refractivity contribution in [1.29, 1.82) is 0 Å². The quantitative estimate of drug-likeness (QED) is 0.783. The molecule has 2 aromatic carbocycles. The second-order valence-corrected chi connectivity index (χ2v) is 5.61. The number of halogens is 4. The van der Waals surface area contributed by atoms with E-state index in [-0.39, 0.29) is 17.9 Å². The highest BCUT2D eigenvalue weighted by molar-refractivity contribution is 5.77. The van der Waals surface area contributed by atoms with Gasteiger partial charge < -0.3 is 5.32 Å². The van der Waals surface area contributed by atoms with Crippen LogP contribution in [-0.2, 0) is 4.79 Å². The van der Waals surface area contributed by atoms with E-state index in [9.17, 15) is 22.4 Å². The zero-order chi connectivity index (χ0) is 17.7. The number of rotatable bonds is 5. The van der Waals surface area contributed by atoms with Gasteiger partial charge in [0, 0.05) is 6.42 Å². The summed E-state index contributed by atoms with van der Waals surface area (Å²) in [5.41, 5.74) is 0.669. The molecule has 6 heteroatoms. The maximum absolute atomic E-state index is 13.2. The minimum atomic E-state index is -4.66. The molecule has 0 saturated carbocycles.